The van der Waals surface area contributed by atoms with Crippen LogP contribution in [0.4, 0.5) is 28.4 Å². The number of hydrogen-bond acceptors (Lipinski definition) is 13. The molecule has 0 amide bonds. The van der Waals surface area contributed by atoms with Crippen molar-refractivity contribution in [3.05, 3.63) is 78.9 Å². The van der Waals surface area contributed by atoms with Crippen LogP contribution in [0.25, 0.3) is 21.5 Å². The maximum Gasteiger partial charge on any atom is 0.296 e. The quantitative estimate of drug-likeness (QED) is 0.0763. The van der Waals surface area contributed by atoms with E-state index < -0.39 is 65.7 Å². The van der Waals surface area contributed by atoms with Gasteiger partial charge >= 0.3 is 0 Å². The van der Waals surface area contributed by atoms with Crippen molar-refractivity contribution in [3.63, 3.8) is 0 Å². The minimum absolute atomic E-state index is 0.00708. The van der Waals surface area contributed by atoms with Crippen LogP contribution in [0.15, 0.2) is 119 Å². The maximum atomic E-state index is 11.9. The Hall–Kier alpha value is -4.74. The summed E-state index contributed by atoms with van der Waals surface area (Å²) in [6.07, 6.45) is 0. The molecule has 5 rings (SSSR count). The normalized spacial score (nSPS) is 13.3. The van der Waals surface area contributed by atoms with E-state index in [0.717, 1.165) is 24.3 Å². The Bertz CT molecular complexity index is 2640. The molecule has 0 atom stereocenters. The molecule has 0 heterocycles. The number of nitrogens with two attached hydrogens (primary N) is 1. The third-order valence-electron chi connectivity index (χ3n) is 6.57. The van der Waals surface area contributed by atoms with Crippen molar-refractivity contribution in [2.24, 2.45) is 20.5 Å². The Morgan fingerprint density at radius 1 is 0.447 bits per heavy atom. The van der Waals surface area contributed by atoms with Gasteiger partial charge in [0.15, 0.2) is 0 Å². The van der Waals surface area contributed by atoms with E-state index >= 15 is 0 Å². The number of nitrogen functional groups attached to an aromatic ring is 1. The molecule has 0 fully saturated rings. The molecule has 0 aromatic heterocycles. The summed E-state index contributed by atoms with van der Waals surface area (Å²) < 4.78 is 133. The predicted octanol–water partition coefficient (Wildman–Crippen LogP) is 5.39. The van der Waals surface area contributed by atoms with Crippen LogP contribution < -0.4 is 5.73 Å². The van der Waals surface area contributed by atoms with Gasteiger partial charge in [-0.25, -0.2) is 0 Å². The smallest absolute Gasteiger partial charge is 0.296 e. The van der Waals surface area contributed by atoms with E-state index in [0.29, 0.717) is 12.1 Å². The molecule has 21 heteroatoms. The Balaban J connectivity index is 1.69. The Morgan fingerprint density at radius 3 is 1.51 bits per heavy atom. The summed E-state index contributed by atoms with van der Waals surface area (Å²) in [6, 6.07) is 14.6. The average molecular weight is 722 g/mol. The van der Waals surface area contributed by atoms with E-state index in [-0.39, 0.29) is 44.3 Å². The molecule has 0 unspecified atom stereocenters. The number of nitrogens with zero attached hydrogens (tertiary/aromatic N) is 4. The largest absolute Gasteiger partial charge is 0.398 e. The number of fused-ring (bicyclic) bond motifs is 2. The van der Waals surface area contributed by atoms with Crippen molar-refractivity contribution >= 4 is 90.5 Å². The Morgan fingerprint density at radius 2 is 0.936 bits per heavy atom. The number of anilines is 1. The molecular formula is C26H19N5O12S4. The summed E-state index contributed by atoms with van der Waals surface area (Å²) in [4.78, 5) is -2.62. The van der Waals surface area contributed by atoms with E-state index in [1.54, 1.807) is 0 Å². The van der Waals surface area contributed by atoms with Gasteiger partial charge in [0.1, 0.15) is 15.5 Å². The molecule has 5 aromatic carbocycles. The van der Waals surface area contributed by atoms with Crippen molar-refractivity contribution in [2.75, 3.05) is 5.73 Å². The first-order chi connectivity index (χ1) is 21.7. The van der Waals surface area contributed by atoms with Gasteiger partial charge in [0.25, 0.3) is 40.5 Å². The minimum atomic E-state index is -4.94. The fraction of sp³-hybridized carbons (Fsp3) is 0. The number of azo groups is 2. The van der Waals surface area contributed by atoms with Crippen LogP contribution in [0, 0.1) is 0 Å². The number of benzene rings is 5. The van der Waals surface area contributed by atoms with E-state index in [1.807, 2.05) is 0 Å². The third kappa shape index (κ3) is 7.01. The summed E-state index contributed by atoms with van der Waals surface area (Å²) in [5.74, 6) is 0. The molecule has 0 spiro atoms. The van der Waals surface area contributed by atoms with E-state index in [1.165, 1.54) is 42.5 Å². The summed E-state index contributed by atoms with van der Waals surface area (Å²) >= 11 is 0. The topological polar surface area (TPSA) is 293 Å². The lowest BCUT2D eigenvalue weighted by Gasteiger charge is -2.09. The molecule has 5 aromatic rings. The van der Waals surface area contributed by atoms with Gasteiger partial charge < -0.3 is 5.73 Å². The summed E-state index contributed by atoms with van der Waals surface area (Å²) in [5.41, 5.74) is 5.35. The van der Waals surface area contributed by atoms with Crippen LogP contribution in [0.5, 0.6) is 0 Å². The summed E-state index contributed by atoms with van der Waals surface area (Å²) in [6.45, 7) is 0. The van der Waals surface area contributed by atoms with E-state index in [4.69, 9.17) is 5.73 Å². The molecule has 0 saturated heterocycles. The van der Waals surface area contributed by atoms with Crippen LogP contribution in [0.2, 0.25) is 0 Å². The first-order valence-corrected chi connectivity index (χ1v) is 18.3. The zero-order chi connectivity index (χ0) is 34.5. The van der Waals surface area contributed by atoms with Crippen molar-refractivity contribution in [1.82, 2.24) is 0 Å². The van der Waals surface area contributed by atoms with Gasteiger partial charge in [0.2, 0.25) is 0 Å². The highest BCUT2D eigenvalue weighted by Gasteiger charge is 2.21. The molecule has 0 bridgehead atoms. The molecule has 0 aliphatic rings. The van der Waals surface area contributed by atoms with Crippen LogP contribution in [-0.4, -0.2) is 51.9 Å². The van der Waals surface area contributed by atoms with Crippen molar-refractivity contribution in [2.45, 2.75) is 19.6 Å². The molecule has 0 aliphatic heterocycles. The van der Waals surface area contributed by atoms with Crippen LogP contribution in [-0.2, 0) is 40.5 Å². The lowest BCUT2D eigenvalue weighted by molar-refractivity contribution is 0.478. The van der Waals surface area contributed by atoms with Gasteiger partial charge in [0, 0.05) is 27.2 Å². The first kappa shape index (κ1) is 33.6. The fourth-order valence-electron chi connectivity index (χ4n) is 4.49. The first-order valence-electron chi connectivity index (χ1n) is 12.5. The van der Waals surface area contributed by atoms with Crippen LogP contribution in [0.3, 0.4) is 0 Å². The second-order valence-corrected chi connectivity index (χ2v) is 15.2. The zero-order valence-electron chi connectivity index (χ0n) is 23.1. The summed E-state index contributed by atoms with van der Waals surface area (Å²) in [7, 11) is -19.2. The van der Waals surface area contributed by atoms with Gasteiger partial charge in [0.05, 0.1) is 26.9 Å². The Labute approximate surface area is 266 Å². The predicted molar refractivity (Wildman–Crippen MR) is 166 cm³/mol. The third-order valence-corrected chi connectivity index (χ3v) is 10.1. The number of hydrogen-bond donors (Lipinski definition) is 5. The molecule has 6 N–H and O–H groups in total. The molecule has 0 aliphatic carbocycles. The van der Waals surface area contributed by atoms with Crippen LogP contribution >= 0.6 is 0 Å². The molecule has 17 nitrogen and oxygen atoms in total. The monoisotopic (exact) mass is 721 g/mol. The van der Waals surface area contributed by atoms with Crippen molar-refractivity contribution in [3.8, 4) is 0 Å². The molecular weight excluding hydrogens is 703 g/mol. The second-order valence-electron chi connectivity index (χ2n) is 9.59. The van der Waals surface area contributed by atoms with Crippen molar-refractivity contribution < 1.29 is 51.9 Å². The Kier molecular flexibility index (Phi) is 8.45. The molecule has 0 radical (unpaired) electrons. The zero-order valence-corrected chi connectivity index (χ0v) is 26.3. The van der Waals surface area contributed by atoms with Gasteiger partial charge in [-0.3, -0.25) is 18.2 Å². The van der Waals surface area contributed by atoms with E-state index in [2.05, 4.69) is 20.5 Å². The van der Waals surface area contributed by atoms with E-state index in [9.17, 15) is 51.9 Å². The van der Waals surface area contributed by atoms with Crippen molar-refractivity contribution in [1.29, 1.82) is 0 Å². The maximum absolute atomic E-state index is 11.9. The standard InChI is InChI=1S/C26H19N5O12S4/c27-19-7-8-21(17-2-1-3-25(26(17)19)47(41,42)43)29-30-22-10-9-20(16-6-4-14(12-18(16)22)44(32,33)34)28-31-23-13-15(45(35,36)37)5-11-24(23)46(38,39)40/h1-13H,27H2,(H,32,33,34)(H,35,36,37)(H,38,39,40)(H,41,42,43). The fourth-order valence-corrected chi connectivity index (χ4v) is 6.83. The highest BCUT2D eigenvalue weighted by Crippen LogP contribution is 2.39. The molecule has 244 valence electrons. The molecule has 47 heavy (non-hydrogen) atoms. The second kappa shape index (κ2) is 11.8. The minimum Gasteiger partial charge on any atom is -0.398 e. The van der Waals surface area contributed by atoms with Gasteiger partial charge in [-0.1, -0.05) is 18.2 Å². The average Bonchev–Trinajstić information content (AvgIpc) is 2.97. The number of rotatable bonds is 8. The van der Waals surface area contributed by atoms with Gasteiger partial charge in [-0.05, 0) is 60.7 Å². The highest BCUT2D eigenvalue weighted by molar-refractivity contribution is 7.86. The highest BCUT2D eigenvalue weighted by atomic mass is 32.2. The SMILES string of the molecule is Nc1ccc(N=Nc2ccc(N=Nc3cc(S(=O)(=O)O)ccc3S(=O)(=O)O)c3ccc(S(=O)(=O)O)cc23)c2cccc(S(=O)(=O)O)c12. The summed E-state index contributed by atoms with van der Waals surface area (Å²) in [5, 5.41) is 16.3. The lowest BCUT2D eigenvalue weighted by atomic mass is 10.1. The lowest BCUT2D eigenvalue weighted by Crippen LogP contribution is -2.02. The molecule has 0 saturated carbocycles. The van der Waals surface area contributed by atoms with Gasteiger partial charge in [-0.2, -0.15) is 33.7 Å². The van der Waals surface area contributed by atoms with Crippen LogP contribution in [0.1, 0.15) is 0 Å². The van der Waals surface area contributed by atoms with Gasteiger partial charge in [-0.15, -0.1) is 20.5 Å².